The van der Waals surface area contributed by atoms with E-state index < -0.39 is 12.0 Å². The summed E-state index contributed by atoms with van der Waals surface area (Å²) >= 11 is 10.6. The van der Waals surface area contributed by atoms with E-state index in [2.05, 4.69) is 15.9 Å². The van der Waals surface area contributed by atoms with Crippen LogP contribution in [0.25, 0.3) is 0 Å². The number of hydrogen-bond acceptors (Lipinski definition) is 3. The van der Waals surface area contributed by atoms with Crippen LogP contribution in [-0.2, 0) is 4.79 Å². The fourth-order valence-corrected chi connectivity index (χ4v) is 3.70. The van der Waals surface area contributed by atoms with E-state index >= 15 is 0 Å². The lowest BCUT2D eigenvalue weighted by atomic mass is 10.2. The predicted octanol–water partition coefficient (Wildman–Crippen LogP) is 2.70. The Kier molecular flexibility index (Phi) is 4.19. The number of carbonyl (C=O) groups is 2. The van der Waals surface area contributed by atoms with Crippen molar-refractivity contribution in [3.63, 3.8) is 0 Å². The van der Waals surface area contributed by atoms with Crippen molar-refractivity contribution in [1.29, 1.82) is 0 Å². The quantitative estimate of drug-likeness (QED) is 0.891. The van der Waals surface area contributed by atoms with Gasteiger partial charge in [-0.3, -0.25) is 4.79 Å². The highest BCUT2D eigenvalue weighted by Gasteiger charge is 2.35. The molecule has 1 atom stereocenters. The molecule has 2 rings (SSSR count). The molecule has 0 spiro atoms. The first-order chi connectivity index (χ1) is 8.49. The third-order valence-corrected chi connectivity index (χ3v) is 4.23. The third kappa shape index (κ3) is 2.81. The second-order valence-electron chi connectivity index (χ2n) is 3.79. The molecule has 0 aliphatic carbocycles. The van der Waals surface area contributed by atoms with E-state index in [0.29, 0.717) is 26.7 Å². The molecule has 7 heteroatoms. The van der Waals surface area contributed by atoms with Gasteiger partial charge in [-0.1, -0.05) is 27.5 Å². The molecule has 0 unspecified atom stereocenters. The van der Waals surface area contributed by atoms with E-state index in [-0.39, 0.29) is 5.91 Å². The minimum absolute atomic E-state index is 0.310. The maximum Gasteiger partial charge on any atom is 0.327 e. The smallest absolute Gasteiger partial charge is 0.327 e. The molecule has 1 aliphatic rings. The summed E-state index contributed by atoms with van der Waals surface area (Å²) in [6, 6.07) is 4.08. The number of amides is 1. The van der Waals surface area contributed by atoms with Crippen LogP contribution < -0.4 is 0 Å². The molecule has 0 aromatic heterocycles. The van der Waals surface area contributed by atoms with Gasteiger partial charge in [0, 0.05) is 20.8 Å². The second kappa shape index (κ2) is 5.50. The molecular weight excluding hydrogens is 342 g/mol. The van der Waals surface area contributed by atoms with Crippen molar-refractivity contribution in [2.45, 2.75) is 6.04 Å². The number of carboxylic acid groups (broad SMARTS) is 1. The Bertz CT molecular complexity index is 491. The van der Waals surface area contributed by atoms with Crippen molar-refractivity contribution < 1.29 is 14.7 Å². The zero-order valence-electron chi connectivity index (χ0n) is 9.10. The summed E-state index contributed by atoms with van der Waals surface area (Å²) < 4.78 is 0.692. The summed E-state index contributed by atoms with van der Waals surface area (Å²) in [7, 11) is 0. The standard InChI is InChI=1S/C11H9BrClNO3S/c12-7-1-6(2-8(13)3-7)10(15)14-5-18-4-9(14)11(16)17/h1-3,9H,4-5H2,(H,16,17)/t9-/m0/s1. The number of hydrogen-bond donors (Lipinski definition) is 1. The number of nitrogens with zero attached hydrogens (tertiary/aromatic N) is 1. The molecular formula is C11H9BrClNO3S. The van der Waals surface area contributed by atoms with Gasteiger partial charge in [0.1, 0.15) is 6.04 Å². The van der Waals surface area contributed by atoms with Gasteiger partial charge in [-0.25, -0.2) is 4.79 Å². The lowest BCUT2D eigenvalue weighted by Crippen LogP contribution is -2.41. The van der Waals surface area contributed by atoms with Crippen LogP contribution >= 0.6 is 39.3 Å². The van der Waals surface area contributed by atoms with Crippen LogP contribution in [0.1, 0.15) is 10.4 Å². The largest absolute Gasteiger partial charge is 0.480 e. The number of rotatable bonds is 2. The van der Waals surface area contributed by atoms with Crippen molar-refractivity contribution >= 4 is 51.2 Å². The van der Waals surface area contributed by atoms with Crippen LogP contribution in [0.15, 0.2) is 22.7 Å². The zero-order valence-corrected chi connectivity index (χ0v) is 12.3. The fraction of sp³-hybridized carbons (Fsp3) is 0.273. The fourth-order valence-electron chi connectivity index (χ4n) is 1.69. The molecule has 1 aromatic carbocycles. The Morgan fingerprint density at radius 2 is 2.17 bits per heavy atom. The van der Waals surface area contributed by atoms with E-state index in [1.54, 1.807) is 12.1 Å². The Hall–Kier alpha value is -0.720. The average molecular weight is 351 g/mol. The highest BCUT2D eigenvalue weighted by atomic mass is 79.9. The summed E-state index contributed by atoms with van der Waals surface area (Å²) in [6.45, 7) is 0. The van der Waals surface area contributed by atoms with E-state index in [1.807, 2.05) is 0 Å². The number of halogens is 2. The van der Waals surface area contributed by atoms with Crippen LogP contribution in [0.3, 0.4) is 0 Å². The number of thioether (sulfide) groups is 1. The van der Waals surface area contributed by atoms with Gasteiger partial charge in [-0.15, -0.1) is 11.8 Å². The molecule has 1 fully saturated rings. The lowest BCUT2D eigenvalue weighted by molar-refractivity contribution is -0.140. The van der Waals surface area contributed by atoms with Gasteiger partial charge in [0.2, 0.25) is 0 Å². The molecule has 1 aliphatic heterocycles. The van der Waals surface area contributed by atoms with Gasteiger partial charge >= 0.3 is 5.97 Å². The first-order valence-corrected chi connectivity index (χ1v) is 7.39. The van der Waals surface area contributed by atoms with Gasteiger partial charge in [-0.2, -0.15) is 0 Å². The first-order valence-electron chi connectivity index (χ1n) is 5.06. The summed E-state index contributed by atoms with van der Waals surface area (Å²) in [6.07, 6.45) is 0. The highest BCUT2D eigenvalue weighted by Crippen LogP contribution is 2.26. The Labute approximate surface area is 121 Å². The molecule has 1 heterocycles. The van der Waals surface area contributed by atoms with E-state index in [4.69, 9.17) is 16.7 Å². The highest BCUT2D eigenvalue weighted by molar-refractivity contribution is 9.10. The third-order valence-electron chi connectivity index (χ3n) is 2.54. The summed E-state index contributed by atoms with van der Waals surface area (Å²) in [5, 5.41) is 9.48. The van der Waals surface area contributed by atoms with Crippen molar-refractivity contribution in [2.24, 2.45) is 0 Å². The maximum absolute atomic E-state index is 12.2. The SMILES string of the molecule is O=C(O)[C@@H]1CSCN1C(=O)c1cc(Cl)cc(Br)c1. The number of carbonyl (C=O) groups excluding carboxylic acids is 1. The molecule has 1 aromatic rings. The van der Waals surface area contributed by atoms with Gasteiger partial charge in [0.25, 0.3) is 5.91 Å². The molecule has 4 nitrogen and oxygen atoms in total. The van der Waals surface area contributed by atoms with E-state index in [1.165, 1.54) is 22.7 Å². The van der Waals surface area contributed by atoms with Crippen molar-refractivity contribution in [3.05, 3.63) is 33.3 Å². The maximum atomic E-state index is 12.2. The Balaban J connectivity index is 2.28. The van der Waals surface area contributed by atoms with E-state index in [0.717, 1.165) is 0 Å². The summed E-state index contributed by atoms with van der Waals surface area (Å²) in [5.74, 6) is -0.479. The molecule has 96 valence electrons. The van der Waals surface area contributed by atoms with Crippen LogP contribution in [-0.4, -0.2) is 39.6 Å². The molecule has 1 N–H and O–H groups in total. The minimum atomic E-state index is -0.977. The number of benzene rings is 1. The van der Waals surface area contributed by atoms with Gasteiger partial charge in [0.05, 0.1) is 5.88 Å². The number of aliphatic carboxylic acids is 1. The van der Waals surface area contributed by atoms with Gasteiger partial charge in [-0.05, 0) is 18.2 Å². The normalized spacial score (nSPS) is 19.0. The van der Waals surface area contributed by atoms with E-state index in [9.17, 15) is 9.59 Å². The van der Waals surface area contributed by atoms with Crippen LogP contribution in [0.4, 0.5) is 0 Å². The predicted molar refractivity (Wildman–Crippen MR) is 74.1 cm³/mol. The van der Waals surface area contributed by atoms with Crippen molar-refractivity contribution in [1.82, 2.24) is 4.90 Å². The topological polar surface area (TPSA) is 57.6 Å². The van der Waals surface area contributed by atoms with Gasteiger partial charge < -0.3 is 10.0 Å². The average Bonchev–Trinajstić information content (AvgIpc) is 2.75. The number of carboxylic acids is 1. The van der Waals surface area contributed by atoms with Crippen LogP contribution in [0, 0.1) is 0 Å². The summed E-state index contributed by atoms with van der Waals surface area (Å²) in [4.78, 5) is 24.6. The lowest BCUT2D eigenvalue weighted by Gasteiger charge is -2.20. The van der Waals surface area contributed by atoms with Crippen molar-refractivity contribution in [2.75, 3.05) is 11.6 Å². The Morgan fingerprint density at radius 1 is 1.44 bits per heavy atom. The Morgan fingerprint density at radius 3 is 2.78 bits per heavy atom. The minimum Gasteiger partial charge on any atom is -0.480 e. The molecule has 18 heavy (non-hydrogen) atoms. The molecule has 0 bridgehead atoms. The molecule has 0 saturated carbocycles. The second-order valence-corrected chi connectivity index (χ2v) is 6.14. The van der Waals surface area contributed by atoms with Gasteiger partial charge in [0.15, 0.2) is 0 Å². The first kappa shape index (κ1) is 13.7. The monoisotopic (exact) mass is 349 g/mol. The molecule has 0 radical (unpaired) electrons. The molecule has 1 saturated heterocycles. The van der Waals surface area contributed by atoms with Crippen LogP contribution in [0.5, 0.6) is 0 Å². The van der Waals surface area contributed by atoms with Crippen molar-refractivity contribution in [3.8, 4) is 0 Å². The molecule has 1 amide bonds. The summed E-state index contributed by atoms with van der Waals surface area (Å²) in [5.41, 5.74) is 0.392. The zero-order chi connectivity index (χ0) is 13.3. The van der Waals surface area contributed by atoms with Crippen LogP contribution in [0.2, 0.25) is 5.02 Å².